The molecule has 0 aliphatic carbocycles. The second-order valence-electron chi connectivity index (χ2n) is 4.30. The number of nitrogens with one attached hydrogen (secondary N) is 1. The number of amides is 1. The minimum atomic E-state index is -0.307. The van der Waals surface area contributed by atoms with Gasteiger partial charge in [-0.1, -0.05) is 6.07 Å². The van der Waals surface area contributed by atoms with Crippen LogP contribution in [0.2, 0.25) is 0 Å². The number of nitrogen functional groups attached to an aromatic ring is 1. The van der Waals surface area contributed by atoms with Crippen molar-refractivity contribution in [2.45, 2.75) is 0 Å². The van der Waals surface area contributed by atoms with Crippen molar-refractivity contribution in [1.29, 1.82) is 0 Å². The fraction of sp³-hybridized carbons (Fsp3) is 0.462. The molecule has 1 heterocycles. The Hall–Kier alpha value is -1.24. The molecule has 1 aromatic carbocycles. The predicted octanol–water partition coefficient (Wildman–Crippen LogP) is 0.718. The Morgan fingerprint density at radius 2 is 2.21 bits per heavy atom. The summed E-state index contributed by atoms with van der Waals surface area (Å²) in [5.74, 6) is 7.90. The molecule has 0 saturated carbocycles. The van der Waals surface area contributed by atoms with Crippen molar-refractivity contribution in [2.24, 2.45) is 5.84 Å². The third kappa shape index (κ3) is 4.41. The molecule has 2 rings (SSSR count). The molecule has 0 atom stereocenters. The highest BCUT2D eigenvalue weighted by molar-refractivity contribution is 7.99. The van der Waals surface area contributed by atoms with E-state index in [1.165, 1.54) is 11.5 Å². The molecule has 3 N–H and O–H groups in total. The van der Waals surface area contributed by atoms with Crippen LogP contribution in [0.3, 0.4) is 0 Å². The molecule has 0 spiro atoms. The first-order chi connectivity index (χ1) is 9.29. The normalized spacial score (nSPS) is 16.1. The minimum absolute atomic E-state index is 0.307. The maximum Gasteiger partial charge on any atom is 0.265 e. The number of rotatable bonds is 5. The number of carbonyl (C=O) groups excluding carboxylic acids is 1. The highest BCUT2D eigenvalue weighted by Crippen LogP contribution is 2.14. The van der Waals surface area contributed by atoms with E-state index in [9.17, 15) is 4.79 Å². The average Bonchev–Trinajstić information content (AvgIpc) is 2.48. The zero-order chi connectivity index (χ0) is 13.5. The molecule has 19 heavy (non-hydrogen) atoms. The number of hydrogen-bond donors (Lipinski definition) is 2. The van der Waals surface area contributed by atoms with E-state index in [-0.39, 0.29) is 5.91 Å². The van der Waals surface area contributed by atoms with E-state index in [0.717, 1.165) is 19.6 Å². The van der Waals surface area contributed by atoms with Gasteiger partial charge in [-0.25, -0.2) is 5.84 Å². The maximum atomic E-state index is 11.4. The molecule has 0 unspecified atom stereocenters. The van der Waals surface area contributed by atoms with E-state index in [2.05, 4.69) is 10.3 Å². The Balaban J connectivity index is 1.80. The van der Waals surface area contributed by atoms with E-state index >= 15 is 0 Å². The van der Waals surface area contributed by atoms with Crippen LogP contribution in [-0.4, -0.2) is 48.6 Å². The topological polar surface area (TPSA) is 67.6 Å². The summed E-state index contributed by atoms with van der Waals surface area (Å²) in [6.45, 7) is 3.82. The summed E-state index contributed by atoms with van der Waals surface area (Å²) >= 11 is 2.00. The summed E-state index contributed by atoms with van der Waals surface area (Å²) in [7, 11) is 0. The maximum absolute atomic E-state index is 11.4. The van der Waals surface area contributed by atoms with Crippen molar-refractivity contribution in [3.05, 3.63) is 29.8 Å². The van der Waals surface area contributed by atoms with Crippen molar-refractivity contribution in [2.75, 3.05) is 37.7 Å². The van der Waals surface area contributed by atoms with Gasteiger partial charge in [0, 0.05) is 36.7 Å². The number of nitrogens with zero attached hydrogens (tertiary/aromatic N) is 1. The minimum Gasteiger partial charge on any atom is -0.492 e. The Morgan fingerprint density at radius 1 is 1.42 bits per heavy atom. The standard InChI is InChI=1S/C13H19N3O2S/c14-15-13(17)11-2-1-3-12(10-11)18-7-4-16-5-8-19-9-6-16/h1-3,10H,4-9,14H2,(H,15,17). The van der Waals surface area contributed by atoms with Gasteiger partial charge in [0.2, 0.25) is 0 Å². The Bertz CT molecular complexity index is 422. The molecule has 6 heteroatoms. The van der Waals surface area contributed by atoms with Gasteiger partial charge in [0.15, 0.2) is 0 Å². The second kappa shape index (κ2) is 7.37. The van der Waals surface area contributed by atoms with Crippen molar-refractivity contribution >= 4 is 17.7 Å². The van der Waals surface area contributed by atoms with Gasteiger partial charge in [0.25, 0.3) is 5.91 Å². The molecule has 5 nitrogen and oxygen atoms in total. The third-order valence-corrected chi connectivity index (χ3v) is 3.95. The Morgan fingerprint density at radius 3 is 2.95 bits per heavy atom. The van der Waals surface area contributed by atoms with Gasteiger partial charge in [-0.15, -0.1) is 0 Å². The molecule has 1 saturated heterocycles. The number of hydrazine groups is 1. The Kier molecular flexibility index (Phi) is 5.50. The summed E-state index contributed by atoms with van der Waals surface area (Å²) in [5.41, 5.74) is 2.62. The highest BCUT2D eigenvalue weighted by Gasteiger charge is 2.10. The van der Waals surface area contributed by atoms with Crippen LogP contribution in [0.5, 0.6) is 5.75 Å². The molecule has 1 aliphatic rings. The van der Waals surface area contributed by atoms with Crippen molar-refractivity contribution in [3.63, 3.8) is 0 Å². The van der Waals surface area contributed by atoms with E-state index in [1.54, 1.807) is 18.2 Å². The van der Waals surface area contributed by atoms with Gasteiger partial charge in [0.1, 0.15) is 12.4 Å². The molecule has 104 valence electrons. The summed E-state index contributed by atoms with van der Waals surface area (Å²) in [4.78, 5) is 13.8. The largest absolute Gasteiger partial charge is 0.492 e. The quantitative estimate of drug-likeness (QED) is 0.473. The van der Waals surface area contributed by atoms with Gasteiger partial charge in [0.05, 0.1) is 0 Å². The van der Waals surface area contributed by atoms with E-state index < -0.39 is 0 Å². The van der Waals surface area contributed by atoms with Crippen LogP contribution in [0.1, 0.15) is 10.4 Å². The lowest BCUT2D eigenvalue weighted by molar-refractivity contribution is 0.0953. The zero-order valence-corrected chi connectivity index (χ0v) is 11.6. The lowest BCUT2D eigenvalue weighted by atomic mass is 10.2. The SMILES string of the molecule is NNC(=O)c1cccc(OCCN2CCSCC2)c1. The lowest BCUT2D eigenvalue weighted by Crippen LogP contribution is -2.35. The van der Waals surface area contributed by atoms with Gasteiger partial charge in [-0.2, -0.15) is 11.8 Å². The fourth-order valence-electron chi connectivity index (χ4n) is 1.93. The van der Waals surface area contributed by atoms with Gasteiger partial charge >= 0.3 is 0 Å². The van der Waals surface area contributed by atoms with Gasteiger partial charge in [-0.3, -0.25) is 15.1 Å². The first-order valence-corrected chi connectivity index (χ1v) is 7.49. The third-order valence-electron chi connectivity index (χ3n) is 3.01. The van der Waals surface area contributed by atoms with Crippen molar-refractivity contribution < 1.29 is 9.53 Å². The molecular weight excluding hydrogens is 262 g/mol. The number of ether oxygens (including phenoxy) is 1. The van der Waals surface area contributed by atoms with Crippen LogP contribution in [0, 0.1) is 0 Å². The van der Waals surface area contributed by atoms with Gasteiger partial charge < -0.3 is 4.74 Å². The summed E-state index contributed by atoms with van der Waals surface area (Å²) in [6, 6.07) is 7.04. The van der Waals surface area contributed by atoms with E-state index in [1.807, 2.05) is 17.8 Å². The smallest absolute Gasteiger partial charge is 0.265 e. The Labute approximate surface area is 117 Å². The van der Waals surface area contributed by atoms with Crippen LogP contribution in [0.4, 0.5) is 0 Å². The van der Waals surface area contributed by atoms with Crippen LogP contribution < -0.4 is 16.0 Å². The highest BCUT2D eigenvalue weighted by atomic mass is 32.2. The average molecular weight is 281 g/mol. The van der Waals surface area contributed by atoms with E-state index in [4.69, 9.17) is 10.6 Å². The first-order valence-electron chi connectivity index (χ1n) is 6.33. The molecular formula is C13H19N3O2S. The molecule has 1 fully saturated rings. The summed E-state index contributed by atoms with van der Waals surface area (Å²) in [5, 5.41) is 0. The van der Waals surface area contributed by atoms with Crippen molar-refractivity contribution in [3.8, 4) is 5.75 Å². The van der Waals surface area contributed by atoms with E-state index in [0.29, 0.717) is 17.9 Å². The first kappa shape index (κ1) is 14.2. The number of carbonyl (C=O) groups is 1. The van der Waals surface area contributed by atoms with Crippen LogP contribution >= 0.6 is 11.8 Å². The van der Waals surface area contributed by atoms with Crippen LogP contribution in [0.25, 0.3) is 0 Å². The molecule has 1 aromatic rings. The predicted molar refractivity (Wildman–Crippen MR) is 77.4 cm³/mol. The summed E-state index contributed by atoms with van der Waals surface area (Å²) in [6.07, 6.45) is 0. The number of thioether (sulfide) groups is 1. The molecule has 1 amide bonds. The summed E-state index contributed by atoms with van der Waals surface area (Å²) < 4.78 is 5.67. The fourth-order valence-corrected chi connectivity index (χ4v) is 2.91. The number of nitrogens with two attached hydrogens (primary N) is 1. The monoisotopic (exact) mass is 281 g/mol. The van der Waals surface area contributed by atoms with Crippen LogP contribution in [-0.2, 0) is 0 Å². The molecule has 0 radical (unpaired) electrons. The second-order valence-corrected chi connectivity index (χ2v) is 5.53. The lowest BCUT2D eigenvalue weighted by Gasteiger charge is -2.25. The van der Waals surface area contributed by atoms with Crippen molar-refractivity contribution in [1.82, 2.24) is 10.3 Å². The van der Waals surface area contributed by atoms with Gasteiger partial charge in [-0.05, 0) is 18.2 Å². The molecule has 0 aromatic heterocycles. The molecule has 0 bridgehead atoms. The number of hydrogen-bond acceptors (Lipinski definition) is 5. The zero-order valence-electron chi connectivity index (χ0n) is 10.8. The van der Waals surface area contributed by atoms with Crippen LogP contribution in [0.15, 0.2) is 24.3 Å². The molecule has 1 aliphatic heterocycles. The number of benzene rings is 1.